The number of pyridine rings is 1. The Labute approximate surface area is 182 Å². The molecule has 1 atom stereocenters. The SMILES string of the molecule is CCCC(C(=O)OCC)N(C)S(=O)(=O)c1ccc(Cn2c(C)nc3cnccc32)cc1. The van der Waals surface area contributed by atoms with Crippen molar-refractivity contribution in [1.82, 2.24) is 18.8 Å². The molecule has 0 saturated heterocycles. The van der Waals surface area contributed by atoms with Crippen LogP contribution in [0.3, 0.4) is 0 Å². The molecule has 0 radical (unpaired) electrons. The van der Waals surface area contributed by atoms with Gasteiger partial charge in [0.25, 0.3) is 0 Å². The minimum Gasteiger partial charge on any atom is -0.465 e. The lowest BCUT2D eigenvalue weighted by Gasteiger charge is -2.25. The molecule has 3 rings (SSSR count). The Morgan fingerprint density at radius 2 is 1.90 bits per heavy atom. The van der Waals surface area contributed by atoms with Gasteiger partial charge in [-0.25, -0.2) is 13.4 Å². The summed E-state index contributed by atoms with van der Waals surface area (Å²) in [7, 11) is -2.41. The molecule has 0 aliphatic rings. The van der Waals surface area contributed by atoms with E-state index in [1.54, 1.807) is 43.6 Å². The van der Waals surface area contributed by atoms with Crippen molar-refractivity contribution in [2.75, 3.05) is 13.7 Å². The van der Waals surface area contributed by atoms with Crippen molar-refractivity contribution in [3.8, 4) is 0 Å². The van der Waals surface area contributed by atoms with Crippen LogP contribution in [-0.2, 0) is 26.1 Å². The minimum atomic E-state index is -3.84. The van der Waals surface area contributed by atoms with Gasteiger partial charge < -0.3 is 9.30 Å². The van der Waals surface area contributed by atoms with Gasteiger partial charge in [-0.3, -0.25) is 9.78 Å². The third kappa shape index (κ3) is 4.77. The highest BCUT2D eigenvalue weighted by Gasteiger charge is 2.33. The molecule has 0 N–H and O–H groups in total. The summed E-state index contributed by atoms with van der Waals surface area (Å²) >= 11 is 0. The smallest absolute Gasteiger partial charge is 0.324 e. The van der Waals surface area contributed by atoms with Gasteiger partial charge in [-0.1, -0.05) is 25.5 Å². The van der Waals surface area contributed by atoms with Crippen LogP contribution in [0.2, 0.25) is 0 Å². The molecule has 166 valence electrons. The quantitative estimate of drug-likeness (QED) is 0.471. The van der Waals surface area contributed by atoms with E-state index in [0.717, 1.165) is 26.7 Å². The highest BCUT2D eigenvalue weighted by atomic mass is 32.2. The second-order valence-corrected chi connectivity index (χ2v) is 9.33. The molecule has 0 bridgehead atoms. The number of carbonyl (C=O) groups is 1. The van der Waals surface area contributed by atoms with Crippen LogP contribution in [-0.4, -0.2) is 52.9 Å². The van der Waals surface area contributed by atoms with E-state index in [1.165, 1.54) is 7.05 Å². The Morgan fingerprint density at radius 3 is 2.55 bits per heavy atom. The molecule has 31 heavy (non-hydrogen) atoms. The predicted molar refractivity (Wildman–Crippen MR) is 118 cm³/mol. The van der Waals surface area contributed by atoms with Crippen molar-refractivity contribution in [2.24, 2.45) is 0 Å². The Kier molecular flexibility index (Phi) is 7.07. The number of rotatable bonds is 9. The second kappa shape index (κ2) is 9.57. The van der Waals surface area contributed by atoms with E-state index in [1.807, 2.05) is 19.9 Å². The molecule has 0 fully saturated rings. The van der Waals surface area contributed by atoms with Crippen molar-refractivity contribution in [2.45, 2.75) is 51.1 Å². The molecule has 9 heteroatoms. The van der Waals surface area contributed by atoms with Gasteiger partial charge in [-0.2, -0.15) is 4.31 Å². The maximum atomic E-state index is 13.1. The molecule has 1 aromatic carbocycles. The van der Waals surface area contributed by atoms with Crippen LogP contribution in [0, 0.1) is 6.92 Å². The summed E-state index contributed by atoms with van der Waals surface area (Å²) in [5.74, 6) is 0.334. The molecular weight excluding hydrogens is 416 g/mol. The number of nitrogens with zero attached hydrogens (tertiary/aromatic N) is 4. The van der Waals surface area contributed by atoms with Gasteiger partial charge in [0.2, 0.25) is 10.0 Å². The first-order valence-electron chi connectivity index (χ1n) is 10.3. The Bertz CT molecular complexity index is 1160. The van der Waals surface area contributed by atoms with Crippen LogP contribution >= 0.6 is 0 Å². The van der Waals surface area contributed by atoms with Crippen molar-refractivity contribution in [3.63, 3.8) is 0 Å². The minimum absolute atomic E-state index is 0.139. The van der Waals surface area contributed by atoms with E-state index in [2.05, 4.69) is 14.5 Å². The number of hydrogen-bond donors (Lipinski definition) is 0. The number of benzene rings is 1. The first kappa shape index (κ1) is 22.9. The topological polar surface area (TPSA) is 94.4 Å². The second-order valence-electron chi connectivity index (χ2n) is 7.33. The predicted octanol–water partition coefficient (Wildman–Crippen LogP) is 3.14. The van der Waals surface area contributed by atoms with Crippen LogP contribution in [0.5, 0.6) is 0 Å². The zero-order valence-corrected chi connectivity index (χ0v) is 19.1. The first-order chi connectivity index (χ1) is 14.8. The Hall–Kier alpha value is -2.78. The number of aryl methyl sites for hydroxylation is 1. The molecule has 0 amide bonds. The number of fused-ring (bicyclic) bond motifs is 1. The largest absolute Gasteiger partial charge is 0.465 e. The van der Waals surface area contributed by atoms with E-state index in [-0.39, 0.29) is 11.5 Å². The van der Waals surface area contributed by atoms with Gasteiger partial charge in [0.1, 0.15) is 17.4 Å². The Balaban J connectivity index is 1.83. The molecule has 0 spiro atoms. The van der Waals surface area contributed by atoms with Crippen LogP contribution in [0.25, 0.3) is 11.0 Å². The number of likely N-dealkylation sites (N-methyl/N-ethyl adjacent to an activating group) is 1. The number of aromatic nitrogens is 3. The number of hydrogen-bond acceptors (Lipinski definition) is 6. The zero-order valence-electron chi connectivity index (χ0n) is 18.3. The number of esters is 1. The van der Waals surface area contributed by atoms with E-state index in [9.17, 15) is 13.2 Å². The average molecular weight is 445 g/mol. The molecule has 0 aliphatic carbocycles. The van der Waals surface area contributed by atoms with E-state index in [0.29, 0.717) is 19.4 Å². The standard InChI is InChI=1S/C22H28N4O4S/c1-5-7-21(22(27)30-6-2)25(4)31(28,29)18-10-8-17(9-11-18)15-26-16(3)24-19-14-23-13-12-20(19)26/h8-14,21H,5-7,15H2,1-4H3. The normalized spacial score (nSPS) is 12.9. The lowest BCUT2D eigenvalue weighted by molar-refractivity contribution is -0.147. The third-order valence-corrected chi connectivity index (χ3v) is 7.12. The lowest BCUT2D eigenvalue weighted by Crippen LogP contribution is -2.43. The van der Waals surface area contributed by atoms with Crippen LogP contribution in [0.4, 0.5) is 0 Å². The molecule has 2 heterocycles. The molecule has 0 aliphatic heterocycles. The van der Waals surface area contributed by atoms with Crippen molar-refractivity contribution >= 4 is 27.0 Å². The fraction of sp³-hybridized carbons (Fsp3) is 0.409. The van der Waals surface area contributed by atoms with Gasteiger partial charge in [-0.15, -0.1) is 0 Å². The van der Waals surface area contributed by atoms with Crippen LogP contribution in [0.1, 0.15) is 38.1 Å². The molecule has 2 aromatic heterocycles. The maximum Gasteiger partial charge on any atom is 0.324 e. The summed E-state index contributed by atoms with van der Waals surface area (Å²) in [6.45, 7) is 6.30. The van der Waals surface area contributed by atoms with Crippen LogP contribution < -0.4 is 0 Å². The summed E-state index contributed by atoms with van der Waals surface area (Å²) in [6, 6.07) is 7.78. The van der Waals surface area contributed by atoms with Gasteiger partial charge in [0, 0.05) is 19.8 Å². The summed E-state index contributed by atoms with van der Waals surface area (Å²) in [6.07, 6.45) is 4.51. The number of ether oxygens (including phenoxy) is 1. The first-order valence-corrected chi connectivity index (χ1v) is 11.7. The maximum absolute atomic E-state index is 13.1. The van der Waals surface area contributed by atoms with Crippen molar-refractivity contribution in [3.05, 3.63) is 54.1 Å². The monoisotopic (exact) mass is 444 g/mol. The van der Waals surface area contributed by atoms with E-state index < -0.39 is 22.0 Å². The van der Waals surface area contributed by atoms with Gasteiger partial charge >= 0.3 is 5.97 Å². The zero-order chi connectivity index (χ0) is 22.6. The fourth-order valence-corrected chi connectivity index (χ4v) is 4.88. The number of sulfonamides is 1. The molecule has 0 saturated carbocycles. The number of imidazole rings is 1. The third-order valence-electron chi connectivity index (χ3n) is 5.24. The van der Waals surface area contributed by atoms with Crippen molar-refractivity contribution in [1.29, 1.82) is 0 Å². The van der Waals surface area contributed by atoms with Gasteiger partial charge in [-0.05, 0) is 44.0 Å². The van der Waals surface area contributed by atoms with Gasteiger partial charge in [0.15, 0.2) is 0 Å². The van der Waals surface area contributed by atoms with E-state index in [4.69, 9.17) is 4.74 Å². The summed E-state index contributed by atoms with van der Waals surface area (Å²) in [5, 5.41) is 0. The van der Waals surface area contributed by atoms with Crippen molar-refractivity contribution < 1.29 is 17.9 Å². The molecule has 1 unspecified atom stereocenters. The summed E-state index contributed by atoms with van der Waals surface area (Å²) in [5.41, 5.74) is 2.74. The summed E-state index contributed by atoms with van der Waals surface area (Å²) in [4.78, 5) is 21.0. The molecule has 3 aromatic rings. The highest BCUT2D eigenvalue weighted by Crippen LogP contribution is 2.22. The van der Waals surface area contributed by atoms with E-state index >= 15 is 0 Å². The summed E-state index contributed by atoms with van der Waals surface area (Å²) < 4.78 is 34.5. The molecule has 8 nitrogen and oxygen atoms in total. The number of carbonyl (C=O) groups excluding carboxylic acids is 1. The highest BCUT2D eigenvalue weighted by molar-refractivity contribution is 7.89. The molecular formula is C22H28N4O4S. The fourth-order valence-electron chi connectivity index (χ4n) is 3.54. The Morgan fingerprint density at radius 1 is 1.19 bits per heavy atom. The van der Waals surface area contributed by atoms with Gasteiger partial charge in [0.05, 0.1) is 23.2 Å². The van der Waals surface area contributed by atoms with Crippen LogP contribution in [0.15, 0.2) is 47.6 Å². The average Bonchev–Trinajstić information content (AvgIpc) is 3.07. The lowest BCUT2D eigenvalue weighted by atomic mass is 10.2.